The van der Waals surface area contributed by atoms with Crippen molar-refractivity contribution in [3.8, 4) is 5.75 Å². The van der Waals surface area contributed by atoms with Crippen LogP contribution in [0.3, 0.4) is 0 Å². The van der Waals surface area contributed by atoms with Crippen molar-refractivity contribution in [3.63, 3.8) is 0 Å². The van der Waals surface area contributed by atoms with Crippen LogP contribution in [0.15, 0.2) is 85.1 Å². The summed E-state index contributed by atoms with van der Waals surface area (Å²) >= 11 is 0. The van der Waals surface area contributed by atoms with Crippen molar-refractivity contribution in [2.45, 2.75) is 13.0 Å². The second kappa shape index (κ2) is 8.66. The Kier molecular flexibility index (Phi) is 5.61. The van der Waals surface area contributed by atoms with E-state index >= 15 is 0 Å². The van der Waals surface area contributed by atoms with E-state index in [0.29, 0.717) is 22.2 Å². The molecule has 3 aromatic carbocycles. The summed E-state index contributed by atoms with van der Waals surface area (Å²) in [6.07, 6.45) is 1.65. The number of pyridine rings is 1. The molecular weight excluding hydrogens is 376 g/mol. The number of aromatic nitrogens is 1. The van der Waals surface area contributed by atoms with Crippen LogP contribution in [0.2, 0.25) is 0 Å². The van der Waals surface area contributed by atoms with Gasteiger partial charge in [0.1, 0.15) is 11.3 Å². The van der Waals surface area contributed by atoms with Crippen molar-refractivity contribution in [2.24, 2.45) is 0 Å². The number of para-hydroxylation sites is 1. The number of anilines is 1. The maximum Gasteiger partial charge on any atom is 0.338 e. The highest BCUT2D eigenvalue weighted by atomic mass is 16.5. The molecule has 4 rings (SSSR count). The molecule has 150 valence electrons. The van der Waals surface area contributed by atoms with Crippen molar-refractivity contribution >= 4 is 22.6 Å². The monoisotopic (exact) mass is 398 g/mol. The van der Waals surface area contributed by atoms with Gasteiger partial charge in [0.15, 0.2) is 0 Å². The number of nitrogens with one attached hydrogen (secondary N) is 1. The average molecular weight is 398 g/mol. The first-order chi connectivity index (χ1) is 14.7. The van der Waals surface area contributed by atoms with E-state index in [1.54, 1.807) is 25.3 Å². The highest BCUT2D eigenvalue weighted by Gasteiger charge is 2.25. The smallest absolute Gasteiger partial charge is 0.338 e. The molecule has 5 nitrogen and oxygen atoms in total. The zero-order valence-electron chi connectivity index (χ0n) is 16.6. The molecular formula is C25H22N2O3. The number of hydrogen-bond acceptors (Lipinski definition) is 5. The van der Waals surface area contributed by atoms with Crippen LogP contribution < -0.4 is 5.32 Å². The van der Waals surface area contributed by atoms with Crippen LogP contribution in [-0.2, 0) is 4.74 Å². The van der Waals surface area contributed by atoms with Gasteiger partial charge in [-0.05, 0) is 36.8 Å². The molecule has 0 aliphatic carbocycles. The number of nitrogens with zero attached hydrogens (tertiary/aromatic N) is 1. The van der Waals surface area contributed by atoms with Gasteiger partial charge in [-0.15, -0.1) is 0 Å². The Morgan fingerprint density at radius 3 is 2.53 bits per heavy atom. The zero-order valence-corrected chi connectivity index (χ0v) is 16.6. The fourth-order valence-electron chi connectivity index (χ4n) is 3.55. The first kappa shape index (κ1) is 19.5. The lowest BCUT2D eigenvalue weighted by atomic mass is 9.92. The van der Waals surface area contributed by atoms with Gasteiger partial charge in [-0.25, -0.2) is 4.79 Å². The molecule has 0 saturated carbocycles. The summed E-state index contributed by atoms with van der Waals surface area (Å²) in [4.78, 5) is 17.0. The van der Waals surface area contributed by atoms with Gasteiger partial charge in [-0.2, -0.15) is 0 Å². The number of phenols is 1. The number of aromatic hydroxyl groups is 1. The van der Waals surface area contributed by atoms with Crippen molar-refractivity contribution in [3.05, 3.63) is 102 Å². The van der Waals surface area contributed by atoms with E-state index in [4.69, 9.17) is 4.74 Å². The number of rotatable bonds is 6. The van der Waals surface area contributed by atoms with Crippen molar-refractivity contribution in [2.75, 3.05) is 11.9 Å². The van der Waals surface area contributed by atoms with Crippen LogP contribution >= 0.6 is 0 Å². The van der Waals surface area contributed by atoms with Crippen LogP contribution in [0.25, 0.3) is 10.9 Å². The SMILES string of the molecule is CCOC(=O)c1ccccc1C(Nc1ccccc1)c1ccc2cccnc2c1O. The van der Waals surface area contributed by atoms with E-state index in [1.165, 1.54) is 0 Å². The van der Waals surface area contributed by atoms with Gasteiger partial charge in [0, 0.05) is 22.8 Å². The van der Waals surface area contributed by atoms with Crippen LogP contribution in [0.1, 0.15) is 34.5 Å². The topological polar surface area (TPSA) is 71.5 Å². The highest BCUT2D eigenvalue weighted by molar-refractivity contribution is 5.92. The maximum absolute atomic E-state index is 12.6. The van der Waals surface area contributed by atoms with Gasteiger partial charge in [-0.3, -0.25) is 4.98 Å². The van der Waals surface area contributed by atoms with Gasteiger partial charge in [0.25, 0.3) is 0 Å². The summed E-state index contributed by atoms with van der Waals surface area (Å²) in [6, 6.07) is 24.0. The third-order valence-corrected chi connectivity index (χ3v) is 4.94. The van der Waals surface area contributed by atoms with Crippen LogP contribution in [0, 0.1) is 0 Å². The Morgan fingerprint density at radius 2 is 1.73 bits per heavy atom. The quantitative estimate of drug-likeness (QED) is 0.430. The molecule has 0 fully saturated rings. The number of esters is 1. The average Bonchev–Trinajstić information content (AvgIpc) is 2.79. The van der Waals surface area contributed by atoms with Crippen molar-refractivity contribution < 1.29 is 14.6 Å². The van der Waals surface area contributed by atoms with E-state index in [1.807, 2.05) is 66.7 Å². The van der Waals surface area contributed by atoms with E-state index in [0.717, 1.165) is 11.1 Å². The number of hydrogen-bond donors (Lipinski definition) is 2. The van der Waals surface area contributed by atoms with Gasteiger partial charge in [0.2, 0.25) is 0 Å². The molecule has 0 amide bonds. The Balaban J connectivity index is 1.89. The standard InChI is InChI=1S/C25H22N2O3/c1-2-30-25(29)20-13-7-6-12-19(20)23(27-18-10-4-3-5-11-18)21-15-14-17-9-8-16-26-22(17)24(21)28/h3-16,23,27-28H,2H2,1H3. The molecule has 0 saturated heterocycles. The van der Waals surface area contributed by atoms with Crippen molar-refractivity contribution in [1.29, 1.82) is 0 Å². The van der Waals surface area contributed by atoms with Crippen LogP contribution in [0.5, 0.6) is 5.75 Å². The Bertz CT molecular complexity index is 1180. The number of benzene rings is 3. The minimum atomic E-state index is -0.487. The largest absolute Gasteiger partial charge is 0.505 e. The molecule has 4 aromatic rings. The molecule has 1 heterocycles. The molecule has 1 atom stereocenters. The summed E-state index contributed by atoms with van der Waals surface area (Å²) in [5, 5.41) is 15.4. The third-order valence-electron chi connectivity index (χ3n) is 4.94. The molecule has 30 heavy (non-hydrogen) atoms. The van der Waals surface area contributed by atoms with Crippen LogP contribution in [0.4, 0.5) is 5.69 Å². The van der Waals surface area contributed by atoms with Crippen molar-refractivity contribution in [1.82, 2.24) is 4.98 Å². The predicted octanol–water partition coefficient (Wildman–Crippen LogP) is 5.32. The second-order valence-electron chi connectivity index (χ2n) is 6.83. The maximum atomic E-state index is 12.6. The molecule has 0 radical (unpaired) electrons. The molecule has 0 bridgehead atoms. The Hall–Kier alpha value is -3.86. The van der Waals surface area contributed by atoms with Gasteiger partial charge >= 0.3 is 5.97 Å². The Morgan fingerprint density at radius 1 is 0.967 bits per heavy atom. The fourth-order valence-corrected chi connectivity index (χ4v) is 3.55. The molecule has 0 aliphatic heterocycles. The summed E-state index contributed by atoms with van der Waals surface area (Å²) in [5.41, 5.74) is 3.17. The minimum Gasteiger partial charge on any atom is -0.505 e. The summed E-state index contributed by atoms with van der Waals surface area (Å²) in [7, 11) is 0. The Labute approximate surface area is 175 Å². The van der Waals surface area contributed by atoms with Gasteiger partial charge in [0.05, 0.1) is 18.2 Å². The lowest BCUT2D eigenvalue weighted by Gasteiger charge is -2.24. The van der Waals surface area contributed by atoms with Crippen LogP contribution in [-0.4, -0.2) is 22.7 Å². The third kappa shape index (κ3) is 3.82. The van der Waals surface area contributed by atoms with E-state index in [-0.39, 0.29) is 12.4 Å². The van der Waals surface area contributed by atoms with E-state index in [9.17, 15) is 9.90 Å². The molecule has 5 heteroatoms. The first-order valence-corrected chi connectivity index (χ1v) is 9.83. The number of carbonyl (C=O) groups is 1. The van der Waals surface area contributed by atoms with E-state index in [2.05, 4.69) is 10.3 Å². The summed E-state index contributed by atoms with van der Waals surface area (Å²) in [6.45, 7) is 2.07. The fraction of sp³-hybridized carbons (Fsp3) is 0.120. The number of fused-ring (bicyclic) bond motifs is 1. The molecule has 0 aliphatic rings. The molecule has 2 N–H and O–H groups in total. The lowest BCUT2D eigenvalue weighted by Crippen LogP contribution is -2.18. The normalized spacial score (nSPS) is 11.8. The summed E-state index contributed by atoms with van der Waals surface area (Å²) < 4.78 is 5.26. The van der Waals surface area contributed by atoms with Gasteiger partial charge < -0.3 is 15.2 Å². The highest BCUT2D eigenvalue weighted by Crippen LogP contribution is 2.37. The molecule has 1 aromatic heterocycles. The minimum absolute atomic E-state index is 0.0835. The number of ether oxygens (including phenoxy) is 1. The predicted molar refractivity (Wildman–Crippen MR) is 118 cm³/mol. The van der Waals surface area contributed by atoms with Gasteiger partial charge in [-0.1, -0.05) is 54.6 Å². The number of phenolic OH excluding ortho intramolecular Hbond substituents is 1. The first-order valence-electron chi connectivity index (χ1n) is 9.83. The number of carbonyl (C=O) groups excluding carboxylic acids is 1. The summed E-state index contributed by atoms with van der Waals surface area (Å²) in [5.74, 6) is -0.313. The lowest BCUT2D eigenvalue weighted by molar-refractivity contribution is 0.0525. The van der Waals surface area contributed by atoms with E-state index < -0.39 is 12.0 Å². The zero-order chi connectivity index (χ0) is 20.9. The molecule has 0 spiro atoms. The molecule has 1 unspecified atom stereocenters. The second-order valence-corrected chi connectivity index (χ2v) is 6.83.